The van der Waals surface area contributed by atoms with Crippen molar-refractivity contribution in [3.63, 3.8) is 0 Å². The van der Waals surface area contributed by atoms with Crippen LogP contribution in [0.25, 0.3) is 11.0 Å². The van der Waals surface area contributed by atoms with E-state index in [1.807, 2.05) is 6.07 Å². The molecule has 0 radical (unpaired) electrons. The molecule has 0 aliphatic rings. The first-order valence-corrected chi connectivity index (χ1v) is 3.93. The second-order valence-corrected chi connectivity index (χ2v) is 2.62. The first-order chi connectivity index (χ1) is 6.77. The molecule has 1 aromatic carbocycles. The molecule has 1 N–H and O–H groups in total. The van der Waals surface area contributed by atoms with Gasteiger partial charge in [0.25, 0.3) is 0 Å². The molecule has 6 nitrogen and oxygen atoms in total. The zero-order valence-corrected chi connectivity index (χ0v) is 7.12. The van der Waals surface area contributed by atoms with Crippen molar-refractivity contribution in [1.82, 2.24) is 15.2 Å². The average molecular weight is 193 g/mol. The van der Waals surface area contributed by atoms with E-state index in [9.17, 15) is 4.79 Å². The highest BCUT2D eigenvalue weighted by molar-refractivity contribution is 5.73. The molecule has 0 spiro atoms. The van der Waals surface area contributed by atoms with Gasteiger partial charge in [0, 0.05) is 0 Å². The van der Waals surface area contributed by atoms with Gasteiger partial charge in [0.2, 0.25) is 6.61 Å². The van der Waals surface area contributed by atoms with Crippen LogP contribution >= 0.6 is 0 Å². The van der Waals surface area contributed by atoms with E-state index in [1.54, 1.807) is 18.2 Å². The Morgan fingerprint density at radius 3 is 3.07 bits per heavy atom. The van der Waals surface area contributed by atoms with Crippen LogP contribution in [0, 0.1) is 0 Å². The molecule has 6 heteroatoms. The average Bonchev–Trinajstić information content (AvgIpc) is 2.58. The second-order valence-electron chi connectivity index (χ2n) is 2.62. The molecular formula is C8H7N3O3. The Balaban J connectivity index is 2.29. The molecule has 0 aliphatic heterocycles. The summed E-state index contributed by atoms with van der Waals surface area (Å²) in [6.07, 6.45) is 0. The number of rotatable bonds is 3. The number of aromatic nitrogens is 3. The summed E-state index contributed by atoms with van der Waals surface area (Å²) in [7, 11) is 0. The molecular weight excluding hydrogens is 186 g/mol. The maximum absolute atomic E-state index is 10.2. The van der Waals surface area contributed by atoms with Gasteiger partial charge in [-0.15, -0.1) is 5.10 Å². The van der Waals surface area contributed by atoms with Gasteiger partial charge < -0.3 is 9.94 Å². The Labute approximate surface area is 78.7 Å². The fourth-order valence-corrected chi connectivity index (χ4v) is 1.06. The summed E-state index contributed by atoms with van der Waals surface area (Å²) >= 11 is 0. The van der Waals surface area contributed by atoms with Crippen LogP contribution in [-0.2, 0) is 4.79 Å². The number of para-hydroxylation sites is 1. The summed E-state index contributed by atoms with van der Waals surface area (Å²) in [5.41, 5.74) is 1.31. The van der Waals surface area contributed by atoms with Gasteiger partial charge in [-0.25, -0.2) is 4.79 Å². The SMILES string of the molecule is O=C(O)COn1nnc2ccccc21. The molecule has 1 heterocycles. The van der Waals surface area contributed by atoms with Gasteiger partial charge in [0.05, 0.1) is 0 Å². The molecule has 72 valence electrons. The standard InChI is InChI=1S/C8H7N3O3/c12-8(13)5-14-11-7-4-2-1-3-6(7)9-10-11/h1-4H,5H2,(H,12,13). The second kappa shape index (κ2) is 3.33. The number of carbonyl (C=O) groups is 1. The molecule has 0 fully saturated rings. The van der Waals surface area contributed by atoms with Crippen LogP contribution in [0.15, 0.2) is 24.3 Å². The van der Waals surface area contributed by atoms with Gasteiger partial charge in [-0.2, -0.15) is 0 Å². The van der Waals surface area contributed by atoms with Crippen LogP contribution in [0.5, 0.6) is 0 Å². The third-order valence-corrected chi connectivity index (χ3v) is 1.63. The van der Waals surface area contributed by atoms with Crippen LogP contribution in [0.1, 0.15) is 0 Å². The lowest BCUT2D eigenvalue weighted by Crippen LogP contribution is -2.20. The van der Waals surface area contributed by atoms with Crippen LogP contribution in [0.2, 0.25) is 0 Å². The minimum Gasteiger partial charge on any atom is -0.479 e. The number of hydrogen-bond acceptors (Lipinski definition) is 4. The number of nitrogens with zero attached hydrogens (tertiary/aromatic N) is 3. The van der Waals surface area contributed by atoms with E-state index < -0.39 is 12.6 Å². The van der Waals surface area contributed by atoms with Gasteiger partial charge in [0.15, 0.2) is 0 Å². The molecule has 0 amide bonds. The van der Waals surface area contributed by atoms with Crippen molar-refractivity contribution < 1.29 is 14.7 Å². The lowest BCUT2D eigenvalue weighted by atomic mass is 10.3. The molecule has 2 rings (SSSR count). The first-order valence-electron chi connectivity index (χ1n) is 3.93. The van der Waals surface area contributed by atoms with Crippen molar-refractivity contribution in [2.45, 2.75) is 0 Å². The number of carboxylic acids is 1. The van der Waals surface area contributed by atoms with E-state index in [0.717, 1.165) is 4.85 Å². The molecule has 0 aliphatic carbocycles. The summed E-state index contributed by atoms with van der Waals surface area (Å²) in [5.74, 6) is -1.05. The van der Waals surface area contributed by atoms with Crippen LogP contribution < -0.4 is 4.84 Å². The molecule has 14 heavy (non-hydrogen) atoms. The highest BCUT2D eigenvalue weighted by atomic mass is 16.7. The van der Waals surface area contributed by atoms with Gasteiger partial charge in [-0.1, -0.05) is 17.0 Å². The lowest BCUT2D eigenvalue weighted by Gasteiger charge is -2.00. The Kier molecular flexibility index (Phi) is 2.02. The van der Waals surface area contributed by atoms with Gasteiger partial charge in [-0.3, -0.25) is 0 Å². The maximum Gasteiger partial charge on any atom is 0.344 e. The van der Waals surface area contributed by atoms with E-state index in [4.69, 9.17) is 9.94 Å². The van der Waals surface area contributed by atoms with E-state index in [1.165, 1.54) is 0 Å². The van der Waals surface area contributed by atoms with Crippen LogP contribution in [0.3, 0.4) is 0 Å². The fraction of sp³-hybridized carbons (Fsp3) is 0.125. The Morgan fingerprint density at radius 1 is 1.50 bits per heavy atom. The Bertz CT molecular complexity index is 466. The zero-order valence-electron chi connectivity index (χ0n) is 7.12. The van der Waals surface area contributed by atoms with E-state index in [0.29, 0.717) is 11.0 Å². The van der Waals surface area contributed by atoms with Crippen molar-refractivity contribution in [2.24, 2.45) is 0 Å². The molecule has 0 saturated carbocycles. The molecule has 0 atom stereocenters. The van der Waals surface area contributed by atoms with Crippen molar-refractivity contribution in [3.05, 3.63) is 24.3 Å². The number of hydrogen-bond donors (Lipinski definition) is 1. The zero-order chi connectivity index (χ0) is 9.97. The molecule has 0 saturated heterocycles. The fourth-order valence-electron chi connectivity index (χ4n) is 1.06. The van der Waals surface area contributed by atoms with E-state index >= 15 is 0 Å². The highest BCUT2D eigenvalue weighted by Gasteiger charge is 2.05. The number of benzene rings is 1. The monoisotopic (exact) mass is 193 g/mol. The normalized spacial score (nSPS) is 10.3. The number of fused-ring (bicyclic) bond motifs is 1. The molecule has 0 unspecified atom stereocenters. The van der Waals surface area contributed by atoms with E-state index in [2.05, 4.69) is 10.3 Å². The van der Waals surface area contributed by atoms with Crippen molar-refractivity contribution in [3.8, 4) is 0 Å². The summed E-state index contributed by atoms with van der Waals surface area (Å²) in [5, 5.41) is 15.8. The minimum absolute atomic E-state index is 0.437. The maximum atomic E-state index is 10.2. The Morgan fingerprint density at radius 2 is 2.29 bits per heavy atom. The quantitative estimate of drug-likeness (QED) is 0.739. The largest absolute Gasteiger partial charge is 0.479 e. The Hall–Kier alpha value is -2.11. The summed E-state index contributed by atoms with van der Waals surface area (Å²) in [4.78, 5) is 16.2. The van der Waals surface area contributed by atoms with Crippen molar-refractivity contribution in [1.29, 1.82) is 0 Å². The third kappa shape index (κ3) is 1.49. The summed E-state index contributed by atoms with van der Waals surface area (Å²) in [6.45, 7) is -0.437. The minimum atomic E-state index is -1.05. The summed E-state index contributed by atoms with van der Waals surface area (Å²) < 4.78 is 0. The van der Waals surface area contributed by atoms with Crippen LogP contribution in [-0.4, -0.2) is 32.8 Å². The topological polar surface area (TPSA) is 77.2 Å². The van der Waals surface area contributed by atoms with Crippen LogP contribution in [0.4, 0.5) is 0 Å². The molecule has 1 aromatic heterocycles. The highest BCUT2D eigenvalue weighted by Crippen LogP contribution is 2.07. The molecule has 2 aromatic rings. The van der Waals surface area contributed by atoms with E-state index in [-0.39, 0.29) is 0 Å². The number of carboxylic acid groups (broad SMARTS) is 1. The van der Waals surface area contributed by atoms with Gasteiger partial charge in [0.1, 0.15) is 11.0 Å². The van der Waals surface area contributed by atoms with Gasteiger partial charge >= 0.3 is 5.97 Å². The summed E-state index contributed by atoms with van der Waals surface area (Å²) in [6, 6.07) is 7.13. The van der Waals surface area contributed by atoms with Crippen molar-refractivity contribution in [2.75, 3.05) is 6.61 Å². The predicted molar refractivity (Wildman–Crippen MR) is 46.6 cm³/mol. The number of aliphatic carboxylic acids is 1. The third-order valence-electron chi connectivity index (χ3n) is 1.63. The molecule has 0 bridgehead atoms. The lowest BCUT2D eigenvalue weighted by molar-refractivity contribution is -0.142. The van der Waals surface area contributed by atoms with Gasteiger partial charge in [-0.05, 0) is 17.3 Å². The van der Waals surface area contributed by atoms with Crippen molar-refractivity contribution >= 4 is 17.0 Å². The predicted octanol–water partition coefficient (Wildman–Crippen LogP) is -0.0555. The first kappa shape index (κ1) is 8.49. The smallest absolute Gasteiger partial charge is 0.344 e.